The molecule has 1 aromatic heterocycles. The minimum absolute atomic E-state index is 0.269. The Balaban J connectivity index is 0.000000593. The van der Waals surface area contributed by atoms with Gasteiger partial charge in [0, 0.05) is 10.9 Å². The molecular weight excluding hydrogens is 333 g/mol. The molecule has 0 saturated heterocycles. The number of nitrogens with zero attached hydrogens (tertiary/aromatic N) is 1. The molecule has 10 heteroatoms. The van der Waals surface area contributed by atoms with Crippen molar-refractivity contribution in [2.24, 2.45) is 5.84 Å². The molecule has 124 valence electrons. The van der Waals surface area contributed by atoms with Crippen LogP contribution in [0.3, 0.4) is 0 Å². The highest BCUT2D eigenvalue weighted by molar-refractivity contribution is 7.12. The van der Waals surface area contributed by atoms with Crippen molar-refractivity contribution < 1.29 is 22.7 Å². The van der Waals surface area contributed by atoms with E-state index in [9.17, 15) is 13.2 Å². The molecule has 0 saturated carbocycles. The van der Waals surface area contributed by atoms with E-state index in [4.69, 9.17) is 10.2 Å². The molecule has 0 unspecified atom stereocenters. The molecule has 6 nitrogen and oxygen atoms in total. The largest absolute Gasteiger partial charge is 0.573 e. The van der Waals surface area contributed by atoms with Crippen molar-refractivity contribution in [1.82, 2.24) is 10.4 Å². The lowest BCUT2D eigenvalue weighted by Gasteiger charge is -2.08. The molecule has 0 atom stereocenters. The number of aromatic nitrogens is 1. The van der Waals surface area contributed by atoms with Crippen LogP contribution in [0, 0.1) is 5.41 Å². The van der Waals surface area contributed by atoms with Crippen molar-refractivity contribution in [3.63, 3.8) is 0 Å². The lowest BCUT2D eigenvalue weighted by molar-refractivity contribution is -0.274. The van der Waals surface area contributed by atoms with Gasteiger partial charge in [-0.2, -0.15) is 0 Å². The van der Waals surface area contributed by atoms with Crippen LogP contribution in [0.2, 0.25) is 0 Å². The molecule has 1 amide bonds. The molecule has 1 heterocycles. The number of carbonyl (C=O) groups is 1. The summed E-state index contributed by atoms with van der Waals surface area (Å²) in [5.74, 6) is 4.14. The number of ether oxygens (including phenoxy) is 1. The second-order valence-electron chi connectivity index (χ2n) is 4.02. The minimum atomic E-state index is -4.69. The Morgan fingerprint density at radius 1 is 1.39 bits per heavy atom. The predicted molar refractivity (Wildman–Crippen MR) is 80.1 cm³/mol. The maximum atomic E-state index is 12.0. The number of hydrazine groups is 1. The number of nitrogens with one attached hydrogen (secondary N) is 2. The SMILES string of the molecule is CC(=N)c1nc(-c2ccc(OC(F)(F)F)cc2)cs1.NNC=O. The summed E-state index contributed by atoms with van der Waals surface area (Å²) in [6.45, 7) is 1.63. The van der Waals surface area contributed by atoms with Gasteiger partial charge < -0.3 is 10.1 Å². The molecule has 2 aromatic rings. The molecule has 23 heavy (non-hydrogen) atoms. The van der Waals surface area contributed by atoms with Crippen LogP contribution in [0.4, 0.5) is 13.2 Å². The van der Waals surface area contributed by atoms with Gasteiger partial charge in [0.05, 0.1) is 11.4 Å². The third-order valence-corrected chi connectivity index (χ3v) is 3.24. The predicted octanol–water partition coefficient (Wildman–Crippen LogP) is 2.70. The van der Waals surface area contributed by atoms with E-state index in [0.29, 0.717) is 28.4 Å². The van der Waals surface area contributed by atoms with Gasteiger partial charge in [0.15, 0.2) is 0 Å². The third-order valence-electron chi connectivity index (χ3n) is 2.28. The Kier molecular flexibility index (Phi) is 6.66. The minimum Gasteiger partial charge on any atom is -0.406 e. The maximum absolute atomic E-state index is 12.0. The zero-order valence-electron chi connectivity index (χ0n) is 11.8. The average Bonchev–Trinajstić information content (AvgIpc) is 2.97. The Bertz CT molecular complexity index is 656. The van der Waals surface area contributed by atoms with Gasteiger partial charge in [0.25, 0.3) is 0 Å². The monoisotopic (exact) mass is 346 g/mol. The highest BCUT2D eigenvalue weighted by Gasteiger charge is 2.30. The highest BCUT2D eigenvalue weighted by Crippen LogP contribution is 2.27. The molecular formula is C13H13F3N4O2S. The third kappa shape index (κ3) is 6.45. The quantitative estimate of drug-likeness (QED) is 0.260. The lowest BCUT2D eigenvalue weighted by atomic mass is 10.2. The molecule has 0 fully saturated rings. The van der Waals surface area contributed by atoms with Crippen LogP contribution in [0.15, 0.2) is 29.6 Å². The summed E-state index contributed by atoms with van der Waals surface area (Å²) in [7, 11) is 0. The molecule has 0 aliphatic rings. The standard InChI is InChI=1S/C12H9F3N2OS.CH4N2O/c1-7(16)11-17-10(6-19-11)8-2-4-9(5-3-8)18-12(13,14)15;2-3-1-4/h2-6,16H,1H3;1H,2H2,(H,3,4). The molecule has 0 radical (unpaired) electrons. The van der Waals surface area contributed by atoms with E-state index in [1.54, 1.807) is 17.7 Å². The van der Waals surface area contributed by atoms with Gasteiger partial charge in [-0.05, 0) is 31.2 Å². The van der Waals surface area contributed by atoms with E-state index in [1.807, 2.05) is 0 Å². The van der Waals surface area contributed by atoms with Crippen molar-refractivity contribution in [3.05, 3.63) is 34.7 Å². The first-order chi connectivity index (χ1) is 10.8. The van der Waals surface area contributed by atoms with Crippen LogP contribution in [-0.2, 0) is 4.79 Å². The number of halogens is 3. The van der Waals surface area contributed by atoms with Crippen molar-refractivity contribution in [2.45, 2.75) is 13.3 Å². The topological polar surface area (TPSA) is 101 Å². The van der Waals surface area contributed by atoms with E-state index in [2.05, 4.69) is 15.6 Å². The van der Waals surface area contributed by atoms with Gasteiger partial charge in [0.1, 0.15) is 10.8 Å². The van der Waals surface area contributed by atoms with Crippen molar-refractivity contribution in [2.75, 3.05) is 0 Å². The molecule has 2 rings (SSSR count). The van der Waals surface area contributed by atoms with Crippen LogP contribution < -0.4 is 16.0 Å². The number of amides is 1. The zero-order chi connectivity index (χ0) is 17.5. The van der Waals surface area contributed by atoms with Crippen LogP contribution in [-0.4, -0.2) is 23.5 Å². The van der Waals surface area contributed by atoms with Crippen LogP contribution in [0.1, 0.15) is 11.9 Å². The summed E-state index contributed by atoms with van der Waals surface area (Å²) < 4.78 is 39.8. The van der Waals surface area contributed by atoms with Crippen molar-refractivity contribution in [1.29, 1.82) is 5.41 Å². The van der Waals surface area contributed by atoms with Gasteiger partial charge in [0.2, 0.25) is 6.41 Å². The van der Waals surface area contributed by atoms with Crippen LogP contribution in [0.25, 0.3) is 11.3 Å². The van der Waals surface area contributed by atoms with E-state index in [-0.39, 0.29) is 5.75 Å². The number of benzene rings is 1. The van der Waals surface area contributed by atoms with Gasteiger partial charge in [-0.25, -0.2) is 10.8 Å². The van der Waals surface area contributed by atoms with E-state index in [0.717, 1.165) is 0 Å². The molecule has 0 aliphatic heterocycles. The molecule has 0 bridgehead atoms. The highest BCUT2D eigenvalue weighted by atomic mass is 32.1. The first-order valence-electron chi connectivity index (χ1n) is 6.04. The number of rotatable bonds is 4. The van der Waals surface area contributed by atoms with E-state index >= 15 is 0 Å². The first-order valence-corrected chi connectivity index (χ1v) is 6.91. The summed E-state index contributed by atoms with van der Waals surface area (Å²) in [6, 6.07) is 5.47. The van der Waals surface area contributed by atoms with Gasteiger partial charge >= 0.3 is 6.36 Å². The Morgan fingerprint density at radius 2 is 1.96 bits per heavy atom. The van der Waals surface area contributed by atoms with Crippen molar-refractivity contribution in [3.8, 4) is 17.0 Å². The van der Waals surface area contributed by atoms with Gasteiger partial charge in [-0.15, -0.1) is 24.5 Å². The number of hydrogen-bond donors (Lipinski definition) is 3. The molecule has 4 N–H and O–H groups in total. The Hall–Kier alpha value is -2.46. The van der Waals surface area contributed by atoms with Crippen molar-refractivity contribution >= 4 is 23.5 Å². The number of nitrogens with two attached hydrogens (primary N) is 1. The number of alkyl halides is 3. The smallest absolute Gasteiger partial charge is 0.406 e. The fourth-order valence-corrected chi connectivity index (χ4v) is 2.15. The molecule has 1 aromatic carbocycles. The second-order valence-corrected chi connectivity index (χ2v) is 4.88. The van der Waals surface area contributed by atoms with Crippen LogP contribution >= 0.6 is 11.3 Å². The van der Waals surface area contributed by atoms with Crippen LogP contribution in [0.5, 0.6) is 5.75 Å². The Morgan fingerprint density at radius 3 is 2.35 bits per heavy atom. The summed E-state index contributed by atoms with van der Waals surface area (Å²) in [6.07, 6.45) is -4.29. The number of thiazole rings is 1. The summed E-state index contributed by atoms with van der Waals surface area (Å²) in [5, 5.41) is 9.79. The van der Waals surface area contributed by atoms with Gasteiger partial charge in [-0.3, -0.25) is 10.2 Å². The maximum Gasteiger partial charge on any atom is 0.573 e. The lowest BCUT2D eigenvalue weighted by Crippen LogP contribution is -2.18. The summed E-state index contributed by atoms with van der Waals surface area (Å²) >= 11 is 1.32. The first kappa shape index (κ1) is 18.6. The van der Waals surface area contributed by atoms with Gasteiger partial charge in [-0.1, -0.05) is 0 Å². The Labute approximate surface area is 133 Å². The molecule has 0 spiro atoms. The van der Waals surface area contributed by atoms with E-state index < -0.39 is 6.36 Å². The zero-order valence-corrected chi connectivity index (χ0v) is 12.7. The van der Waals surface area contributed by atoms with E-state index in [1.165, 1.54) is 35.6 Å². The normalized spacial score (nSPS) is 10.3. The molecule has 0 aliphatic carbocycles. The summed E-state index contributed by atoms with van der Waals surface area (Å²) in [5.41, 5.74) is 3.41. The fraction of sp³-hybridized carbons (Fsp3) is 0.154. The number of hydrogen-bond acceptors (Lipinski definition) is 6. The average molecular weight is 346 g/mol. The second kappa shape index (κ2) is 8.25. The fourth-order valence-electron chi connectivity index (χ4n) is 1.41. The number of carbonyl (C=O) groups excluding carboxylic acids is 1. The summed E-state index contributed by atoms with van der Waals surface area (Å²) in [4.78, 5) is 13.2.